The first kappa shape index (κ1) is 22.4. The summed E-state index contributed by atoms with van der Waals surface area (Å²) < 4.78 is 18.4. The van der Waals surface area contributed by atoms with Crippen LogP contribution in [0.5, 0.6) is 5.75 Å². The smallest absolute Gasteiger partial charge is 0.242 e. The number of nitrogens with zero attached hydrogens (tertiary/aromatic N) is 1. The molecule has 0 aliphatic rings. The summed E-state index contributed by atoms with van der Waals surface area (Å²) in [5.74, 6) is -0.0436. The highest BCUT2D eigenvalue weighted by Crippen LogP contribution is 2.17. The summed E-state index contributed by atoms with van der Waals surface area (Å²) in [7, 11) is 1.58. The van der Waals surface area contributed by atoms with E-state index in [2.05, 4.69) is 12.2 Å². The topological polar surface area (TPSA) is 58.6 Å². The van der Waals surface area contributed by atoms with Gasteiger partial charge in [-0.3, -0.25) is 9.59 Å². The highest BCUT2D eigenvalue weighted by atomic mass is 19.1. The van der Waals surface area contributed by atoms with Gasteiger partial charge in [-0.15, -0.1) is 0 Å². The Labute approximate surface area is 171 Å². The molecule has 2 aromatic rings. The van der Waals surface area contributed by atoms with Crippen LogP contribution in [0.25, 0.3) is 0 Å². The standard InChI is InChI=1S/C23H29FN2O3/c1-4-5-13-25-23(28)17(2)26(16-19-7-6-8-21(14-19)29-3)22(27)15-18-9-11-20(24)12-10-18/h6-12,14,17H,4-5,13,15-16H2,1-3H3,(H,25,28). The molecule has 0 aliphatic carbocycles. The molecular weight excluding hydrogens is 371 g/mol. The lowest BCUT2D eigenvalue weighted by Crippen LogP contribution is -2.48. The van der Waals surface area contributed by atoms with Crippen LogP contribution in [0.4, 0.5) is 4.39 Å². The average molecular weight is 400 g/mol. The molecule has 0 aliphatic heterocycles. The first-order chi connectivity index (χ1) is 13.9. The maximum atomic E-state index is 13.2. The van der Waals surface area contributed by atoms with Crippen molar-refractivity contribution in [2.24, 2.45) is 0 Å². The number of benzene rings is 2. The fraction of sp³-hybridized carbons (Fsp3) is 0.391. The van der Waals surface area contributed by atoms with Gasteiger partial charge in [-0.05, 0) is 48.7 Å². The van der Waals surface area contributed by atoms with Gasteiger partial charge in [0.25, 0.3) is 0 Å². The second kappa shape index (κ2) is 11.2. The van der Waals surface area contributed by atoms with Crippen LogP contribution in [0.3, 0.4) is 0 Å². The van der Waals surface area contributed by atoms with Crippen molar-refractivity contribution in [2.75, 3.05) is 13.7 Å². The highest BCUT2D eigenvalue weighted by molar-refractivity contribution is 5.88. The molecule has 2 aromatic carbocycles. The van der Waals surface area contributed by atoms with Crippen molar-refractivity contribution in [3.63, 3.8) is 0 Å². The molecule has 1 atom stereocenters. The molecule has 2 rings (SSSR count). The van der Waals surface area contributed by atoms with Crippen LogP contribution >= 0.6 is 0 Å². The van der Waals surface area contributed by atoms with E-state index in [4.69, 9.17) is 4.74 Å². The van der Waals surface area contributed by atoms with E-state index in [1.165, 1.54) is 12.1 Å². The summed E-state index contributed by atoms with van der Waals surface area (Å²) in [6.45, 7) is 4.64. The Morgan fingerprint density at radius 3 is 2.52 bits per heavy atom. The molecule has 1 unspecified atom stereocenters. The first-order valence-corrected chi connectivity index (χ1v) is 9.89. The number of carbonyl (C=O) groups excluding carboxylic acids is 2. The number of carbonyl (C=O) groups is 2. The normalized spacial score (nSPS) is 11.6. The summed E-state index contributed by atoms with van der Waals surface area (Å²) in [5.41, 5.74) is 1.57. The summed E-state index contributed by atoms with van der Waals surface area (Å²) in [4.78, 5) is 27.2. The second-order valence-electron chi connectivity index (χ2n) is 7.00. The molecule has 0 spiro atoms. The van der Waals surface area contributed by atoms with E-state index in [0.29, 0.717) is 17.9 Å². The van der Waals surface area contributed by atoms with E-state index in [1.54, 1.807) is 31.1 Å². The summed E-state index contributed by atoms with van der Waals surface area (Å²) in [5, 5.41) is 2.89. The van der Waals surface area contributed by atoms with E-state index < -0.39 is 6.04 Å². The van der Waals surface area contributed by atoms with E-state index in [9.17, 15) is 14.0 Å². The number of unbranched alkanes of at least 4 members (excludes halogenated alkanes) is 1. The lowest BCUT2D eigenvalue weighted by molar-refractivity contribution is -0.140. The molecule has 156 valence electrons. The molecule has 0 heterocycles. The van der Waals surface area contributed by atoms with Gasteiger partial charge in [-0.2, -0.15) is 0 Å². The fourth-order valence-corrected chi connectivity index (χ4v) is 2.96. The van der Waals surface area contributed by atoms with Crippen LogP contribution in [0.15, 0.2) is 48.5 Å². The molecule has 0 radical (unpaired) electrons. The number of nitrogens with one attached hydrogen (secondary N) is 1. The number of ether oxygens (including phenoxy) is 1. The summed E-state index contributed by atoms with van der Waals surface area (Å²) >= 11 is 0. The van der Waals surface area contributed by atoms with Crippen molar-refractivity contribution < 1.29 is 18.7 Å². The average Bonchev–Trinajstić information content (AvgIpc) is 2.73. The molecule has 5 nitrogen and oxygen atoms in total. The van der Waals surface area contributed by atoms with Gasteiger partial charge in [0.1, 0.15) is 17.6 Å². The van der Waals surface area contributed by atoms with Gasteiger partial charge in [-0.25, -0.2) is 4.39 Å². The Hall–Kier alpha value is -2.89. The Kier molecular flexibility index (Phi) is 8.65. The molecule has 0 fully saturated rings. The van der Waals surface area contributed by atoms with Crippen molar-refractivity contribution in [2.45, 2.75) is 45.7 Å². The van der Waals surface area contributed by atoms with Crippen LogP contribution in [0, 0.1) is 5.82 Å². The number of hydrogen-bond acceptors (Lipinski definition) is 3. The van der Waals surface area contributed by atoms with Crippen LogP contribution in [-0.4, -0.2) is 36.4 Å². The molecular formula is C23H29FN2O3. The number of hydrogen-bond donors (Lipinski definition) is 1. The van der Waals surface area contributed by atoms with E-state index in [0.717, 1.165) is 18.4 Å². The molecule has 0 saturated carbocycles. The molecule has 6 heteroatoms. The SMILES string of the molecule is CCCCNC(=O)C(C)N(Cc1cccc(OC)c1)C(=O)Cc1ccc(F)cc1. The van der Waals surface area contributed by atoms with Gasteiger partial charge in [0.2, 0.25) is 11.8 Å². The third-order valence-electron chi connectivity index (χ3n) is 4.75. The largest absolute Gasteiger partial charge is 0.497 e. The van der Waals surface area contributed by atoms with Crippen LogP contribution in [0.2, 0.25) is 0 Å². The zero-order valence-corrected chi connectivity index (χ0v) is 17.3. The number of amides is 2. The predicted octanol–water partition coefficient (Wildman–Crippen LogP) is 3.71. The lowest BCUT2D eigenvalue weighted by Gasteiger charge is -2.29. The summed E-state index contributed by atoms with van der Waals surface area (Å²) in [6.07, 6.45) is 1.96. The van der Waals surface area contributed by atoms with Crippen molar-refractivity contribution in [1.82, 2.24) is 10.2 Å². The number of halogens is 1. The molecule has 0 bridgehead atoms. The minimum Gasteiger partial charge on any atom is -0.497 e. The quantitative estimate of drug-likeness (QED) is 0.619. The Morgan fingerprint density at radius 2 is 1.86 bits per heavy atom. The maximum Gasteiger partial charge on any atom is 0.242 e. The molecule has 1 N–H and O–H groups in total. The Bertz CT molecular complexity index is 808. The van der Waals surface area contributed by atoms with Gasteiger partial charge in [0.15, 0.2) is 0 Å². The van der Waals surface area contributed by atoms with Crippen LogP contribution in [-0.2, 0) is 22.6 Å². The van der Waals surface area contributed by atoms with Gasteiger partial charge >= 0.3 is 0 Å². The third-order valence-corrected chi connectivity index (χ3v) is 4.75. The number of rotatable bonds is 10. The Morgan fingerprint density at radius 1 is 1.14 bits per heavy atom. The van der Waals surface area contributed by atoms with Crippen molar-refractivity contribution in [3.05, 3.63) is 65.5 Å². The lowest BCUT2D eigenvalue weighted by atomic mass is 10.1. The van der Waals surface area contributed by atoms with Gasteiger partial charge < -0.3 is 15.0 Å². The van der Waals surface area contributed by atoms with Gasteiger partial charge in [0, 0.05) is 13.1 Å². The summed E-state index contributed by atoms with van der Waals surface area (Å²) in [6, 6.07) is 12.6. The Balaban J connectivity index is 2.19. The number of methoxy groups -OCH3 is 1. The highest BCUT2D eigenvalue weighted by Gasteiger charge is 2.26. The van der Waals surface area contributed by atoms with Crippen molar-refractivity contribution in [3.8, 4) is 5.75 Å². The monoisotopic (exact) mass is 400 g/mol. The molecule has 0 saturated heterocycles. The predicted molar refractivity (Wildman–Crippen MR) is 111 cm³/mol. The maximum absolute atomic E-state index is 13.2. The first-order valence-electron chi connectivity index (χ1n) is 9.89. The van der Waals surface area contributed by atoms with Crippen molar-refractivity contribution in [1.29, 1.82) is 0 Å². The molecule has 2 amide bonds. The zero-order valence-electron chi connectivity index (χ0n) is 17.3. The van der Waals surface area contributed by atoms with E-state index in [1.807, 2.05) is 24.3 Å². The minimum atomic E-state index is -0.633. The molecule has 0 aromatic heterocycles. The second-order valence-corrected chi connectivity index (χ2v) is 7.00. The van der Waals surface area contributed by atoms with Gasteiger partial charge in [-0.1, -0.05) is 37.6 Å². The minimum absolute atomic E-state index is 0.0941. The van der Waals surface area contributed by atoms with Crippen LogP contribution in [0.1, 0.15) is 37.8 Å². The van der Waals surface area contributed by atoms with Crippen LogP contribution < -0.4 is 10.1 Å². The third kappa shape index (κ3) is 6.89. The van der Waals surface area contributed by atoms with Gasteiger partial charge in [0.05, 0.1) is 13.5 Å². The zero-order chi connectivity index (χ0) is 21.2. The van der Waals surface area contributed by atoms with E-state index in [-0.39, 0.29) is 30.6 Å². The molecule has 29 heavy (non-hydrogen) atoms. The fourth-order valence-electron chi connectivity index (χ4n) is 2.96. The van der Waals surface area contributed by atoms with Crippen molar-refractivity contribution >= 4 is 11.8 Å². The van der Waals surface area contributed by atoms with E-state index >= 15 is 0 Å².